The molecule has 7 rings (SSSR count). The summed E-state index contributed by atoms with van der Waals surface area (Å²) in [5.74, 6) is 0. The van der Waals surface area contributed by atoms with Crippen molar-refractivity contribution in [2.24, 2.45) is 0 Å². The number of aromatic nitrogens is 1. The number of allylic oxidation sites excluding steroid dienone is 10. The highest BCUT2D eigenvalue weighted by atomic mass is 14.6. The predicted octanol–water partition coefficient (Wildman–Crippen LogP) is 9.54. The Labute approximate surface area is 261 Å². The van der Waals surface area contributed by atoms with Crippen molar-refractivity contribution in [3.63, 3.8) is 0 Å². The van der Waals surface area contributed by atoms with Gasteiger partial charge in [-0.3, -0.25) is 4.98 Å². The van der Waals surface area contributed by atoms with E-state index in [2.05, 4.69) is 133 Å². The Bertz CT molecular complexity index is 2030. The number of hydrogen-bond donors (Lipinski definition) is 0. The van der Waals surface area contributed by atoms with Crippen molar-refractivity contribution < 1.29 is 0 Å². The van der Waals surface area contributed by atoms with Gasteiger partial charge in [0.2, 0.25) is 0 Å². The second kappa shape index (κ2) is 12.3. The first-order chi connectivity index (χ1) is 21.7. The van der Waals surface area contributed by atoms with E-state index in [0.717, 1.165) is 37.7 Å². The van der Waals surface area contributed by atoms with Gasteiger partial charge >= 0.3 is 0 Å². The summed E-state index contributed by atoms with van der Waals surface area (Å²) in [5, 5.41) is 2.70. The zero-order chi connectivity index (χ0) is 29.9. The molecule has 44 heavy (non-hydrogen) atoms. The summed E-state index contributed by atoms with van der Waals surface area (Å²) >= 11 is 0. The zero-order valence-corrected chi connectivity index (χ0v) is 25.4. The maximum absolute atomic E-state index is 4.80. The van der Waals surface area contributed by atoms with Crippen LogP contribution in [0.1, 0.15) is 55.7 Å². The van der Waals surface area contributed by atoms with Gasteiger partial charge in [0, 0.05) is 12.4 Å². The molecule has 1 aromatic heterocycles. The lowest BCUT2D eigenvalue weighted by Crippen LogP contribution is -2.33. The van der Waals surface area contributed by atoms with Gasteiger partial charge in [0.15, 0.2) is 0 Å². The minimum atomic E-state index is 0.902. The molecular weight excluding hydrogens is 530 g/mol. The van der Waals surface area contributed by atoms with Gasteiger partial charge in [-0.2, -0.15) is 0 Å². The fraction of sp³-hybridized carbons (Fsp3) is 0.140. The molecule has 0 spiro atoms. The van der Waals surface area contributed by atoms with Crippen LogP contribution in [0.15, 0.2) is 157 Å². The molecule has 1 heteroatoms. The summed E-state index contributed by atoms with van der Waals surface area (Å²) in [6.07, 6.45) is 22.4. The number of nitrogens with zero attached hydrogens (tertiary/aromatic N) is 1. The Morgan fingerprint density at radius 1 is 0.682 bits per heavy atom. The van der Waals surface area contributed by atoms with Crippen molar-refractivity contribution in [1.82, 2.24) is 4.98 Å². The van der Waals surface area contributed by atoms with Crippen LogP contribution in [0.5, 0.6) is 0 Å². The van der Waals surface area contributed by atoms with Gasteiger partial charge in [0.05, 0.1) is 0 Å². The molecule has 214 valence electrons. The fourth-order valence-electron chi connectivity index (χ4n) is 6.88. The quantitative estimate of drug-likeness (QED) is 0.226. The maximum atomic E-state index is 4.80. The van der Waals surface area contributed by atoms with E-state index in [-0.39, 0.29) is 0 Å². The Balaban J connectivity index is 1.36. The smallest absolute Gasteiger partial charge is 0.0273 e. The molecule has 3 aliphatic carbocycles. The first-order valence-corrected chi connectivity index (χ1v) is 15.7. The van der Waals surface area contributed by atoms with Crippen LogP contribution in [0, 0.1) is 0 Å². The van der Waals surface area contributed by atoms with Crippen molar-refractivity contribution in [1.29, 1.82) is 0 Å². The predicted molar refractivity (Wildman–Crippen MR) is 187 cm³/mol. The van der Waals surface area contributed by atoms with Gasteiger partial charge in [-0.1, -0.05) is 121 Å². The average molecular weight is 568 g/mol. The van der Waals surface area contributed by atoms with Crippen LogP contribution >= 0.6 is 0 Å². The van der Waals surface area contributed by atoms with Gasteiger partial charge < -0.3 is 0 Å². The van der Waals surface area contributed by atoms with E-state index in [1.165, 1.54) is 71.7 Å². The van der Waals surface area contributed by atoms with E-state index in [9.17, 15) is 0 Å². The van der Waals surface area contributed by atoms with Crippen LogP contribution in [0.25, 0.3) is 33.4 Å². The highest BCUT2D eigenvalue weighted by molar-refractivity contribution is 6.02. The van der Waals surface area contributed by atoms with E-state index in [1.807, 2.05) is 12.4 Å². The molecule has 0 unspecified atom stereocenters. The normalized spacial score (nSPS) is 17.1. The first kappa shape index (κ1) is 27.8. The molecule has 3 aliphatic rings. The average Bonchev–Trinajstić information content (AvgIpc) is 3.09. The number of pyridine rings is 1. The largest absolute Gasteiger partial charge is 0.265 e. The van der Waals surface area contributed by atoms with E-state index >= 15 is 0 Å². The molecular formula is C43H37N. The minimum Gasteiger partial charge on any atom is -0.265 e. The van der Waals surface area contributed by atoms with Crippen molar-refractivity contribution in [2.75, 3.05) is 0 Å². The Kier molecular flexibility index (Phi) is 7.78. The van der Waals surface area contributed by atoms with Gasteiger partial charge in [0.25, 0.3) is 0 Å². The van der Waals surface area contributed by atoms with Crippen LogP contribution in [0.3, 0.4) is 0 Å². The molecule has 0 aliphatic heterocycles. The van der Waals surface area contributed by atoms with Gasteiger partial charge in [-0.15, -0.1) is 0 Å². The second-order valence-electron chi connectivity index (χ2n) is 11.9. The van der Waals surface area contributed by atoms with Crippen LogP contribution < -0.4 is 10.4 Å². The Hall–Kier alpha value is -5.01. The molecule has 0 saturated heterocycles. The highest BCUT2D eigenvalue weighted by Gasteiger charge is 2.21. The van der Waals surface area contributed by atoms with Crippen LogP contribution in [-0.2, 0) is 0 Å². The summed E-state index contributed by atoms with van der Waals surface area (Å²) in [7, 11) is 0. The Morgan fingerprint density at radius 3 is 2.14 bits per heavy atom. The van der Waals surface area contributed by atoms with Crippen molar-refractivity contribution in [3.05, 3.63) is 184 Å². The molecule has 0 radical (unpaired) electrons. The van der Waals surface area contributed by atoms with Crippen LogP contribution in [-0.4, -0.2) is 4.98 Å². The van der Waals surface area contributed by atoms with E-state index in [0.29, 0.717) is 0 Å². The van der Waals surface area contributed by atoms with Gasteiger partial charge in [-0.25, -0.2) is 0 Å². The fourth-order valence-corrected chi connectivity index (χ4v) is 6.88. The molecule has 0 bridgehead atoms. The summed E-state index contributed by atoms with van der Waals surface area (Å²) in [6, 6.07) is 30.9. The number of rotatable bonds is 6. The number of fused-ring (bicyclic) bond motifs is 1. The topological polar surface area (TPSA) is 12.9 Å². The lowest BCUT2D eigenvalue weighted by Gasteiger charge is -2.24. The minimum absolute atomic E-state index is 0.902. The highest BCUT2D eigenvalue weighted by Crippen LogP contribution is 2.39. The van der Waals surface area contributed by atoms with Crippen LogP contribution in [0.2, 0.25) is 0 Å². The monoisotopic (exact) mass is 567 g/mol. The molecule has 3 aromatic carbocycles. The summed E-state index contributed by atoms with van der Waals surface area (Å²) in [5.41, 5.74) is 15.6. The first-order valence-electron chi connectivity index (χ1n) is 15.7. The van der Waals surface area contributed by atoms with Crippen molar-refractivity contribution >= 4 is 22.3 Å². The zero-order valence-electron chi connectivity index (χ0n) is 25.4. The van der Waals surface area contributed by atoms with E-state index < -0.39 is 0 Å². The molecule has 0 fully saturated rings. The molecule has 4 aromatic rings. The second-order valence-corrected chi connectivity index (χ2v) is 11.9. The maximum Gasteiger partial charge on any atom is 0.0273 e. The summed E-state index contributed by atoms with van der Waals surface area (Å²) in [4.78, 5) is 4.19. The lowest BCUT2D eigenvalue weighted by atomic mass is 9.80. The third kappa shape index (κ3) is 5.42. The SMILES string of the molecule is C=C(C1=c2ccccc2=C(C2=CC=C(C)CC2)CC1)c1ccccc1/C(=C1/C=CC=CC1)c1ccc(-c2ccncc2)cc1. The number of hydrogen-bond acceptors (Lipinski definition) is 1. The Morgan fingerprint density at radius 2 is 1.41 bits per heavy atom. The molecule has 1 heterocycles. The molecule has 0 saturated carbocycles. The molecule has 1 nitrogen and oxygen atoms in total. The molecule has 0 atom stereocenters. The van der Waals surface area contributed by atoms with Crippen molar-refractivity contribution in [3.8, 4) is 11.1 Å². The standard InChI is InChI=1S/C43H37N/c1-30-16-18-34(19-17-30)39-25-24-38(40-13-7-8-14-41(39)40)31(2)37-12-6-9-15-42(37)43(35-10-4-3-5-11-35)36-22-20-32(21-23-36)33-26-28-44-29-27-33/h3-10,12-16,18,20-23,26-29H,2,11,17,19,24-25H2,1H3/b43-35-. The molecule has 0 N–H and O–H groups in total. The third-order valence-electron chi connectivity index (χ3n) is 9.22. The summed E-state index contributed by atoms with van der Waals surface area (Å²) in [6.45, 7) is 7.03. The van der Waals surface area contributed by atoms with Crippen molar-refractivity contribution in [2.45, 2.75) is 39.0 Å². The van der Waals surface area contributed by atoms with E-state index in [1.54, 1.807) is 0 Å². The van der Waals surface area contributed by atoms with E-state index in [4.69, 9.17) is 6.58 Å². The number of benzene rings is 3. The lowest BCUT2D eigenvalue weighted by molar-refractivity contribution is 0.909. The molecule has 0 amide bonds. The summed E-state index contributed by atoms with van der Waals surface area (Å²) < 4.78 is 0. The third-order valence-corrected chi connectivity index (χ3v) is 9.22. The van der Waals surface area contributed by atoms with Crippen LogP contribution in [0.4, 0.5) is 0 Å². The van der Waals surface area contributed by atoms with Gasteiger partial charge in [-0.05, 0) is 123 Å². The van der Waals surface area contributed by atoms with Gasteiger partial charge in [0.1, 0.15) is 0 Å².